The fraction of sp³-hybridized carbons (Fsp3) is 0.474. The first-order valence-electron chi connectivity index (χ1n) is 9.01. The van der Waals surface area contributed by atoms with Crippen LogP contribution in [-0.2, 0) is 16.0 Å². The van der Waals surface area contributed by atoms with E-state index in [1.165, 1.54) is 0 Å². The molecule has 1 aliphatic rings. The maximum atomic E-state index is 12.7. The number of nitrogens with one attached hydrogen (secondary N) is 1. The lowest BCUT2D eigenvalue weighted by atomic mass is 10.0. The van der Waals surface area contributed by atoms with E-state index in [9.17, 15) is 9.59 Å². The zero-order valence-corrected chi connectivity index (χ0v) is 15.1. The van der Waals surface area contributed by atoms with Crippen molar-refractivity contribution in [3.8, 4) is 0 Å². The molecule has 0 unspecified atom stereocenters. The van der Waals surface area contributed by atoms with E-state index >= 15 is 0 Å². The Labute approximate surface area is 152 Å². The van der Waals surface area contributed by atoms with Gasteiger partial charge in [-0.2, -0.15) is 4.98 Å². The molecule has 26 heavy (non-hydrogen) atoms. The quantitative estimate of drug-likeness (QED) is 0.857. The number of hydrogen-bond donors (Lipinski definition) is 1. The standard InChI is InChI=1S/C19H24N4O3/c1-13(2)18-21-15(26-22-18)9-6-10-16(24)23-12-11-20-19(25)17(23)14-7-4-3-5-8-14/h3-5,7-8,13,17H,6,9-12H2,1-2H3,(H,20,25)/t17-/m1/s1. The molecular formula is C19H24N4O3. The predicted molar refractivity (Wildman–Crippen MR) is 95.2 cm³/mol. The number of rotatable bonds is 6. The van der Waals surface area contributed by atoms with Crippen molar-refractivity contribution in [1.82, 2.24) is 20.4 Å². The summed E-state index contributed by atoms with van der Waals surface area (Å²) < 4.78 is 5.21. The molecule has 2 amide bonds. The zero-order valence-electron chi connectivity index (χ0n) is 15.1. The summed E-state index contributed by atoms with van der Waals surface area (Å²) in [5.74, 6) is 1.29. The molecule has 2 heterocycles. The fourth-order valence-electron chi connectivity index (χ4n) is 3.04. The van der Waals surface area contributed by atoms with E-state index in [1.54, 1.807) is 4.90 Å². The SMILES string of the molecule is CC(C)c1noc(CCCC(=O)N2CCNC(=O)[C@H]2c2ccccc2)n1. The first-order valence-corrected chi connectivity index (χ1v) is 9.01. The molecule has 1 fully saturated rings. The van der Waals surface area contributed by atoms with E-state index in [-0.39, 0.29) is 17.7 Å². The number of benzene rings is 1. The Balaban J connectivity index is 1.60. The third kappa shape index (κ3) is 4.09. The number of amides is 2. The first-order chi connectivity index (χ1) is 12.6. The van der Waals surface area contributed by atoms with Crippen molar-refractivity contribution in [2.24, 2.45) is 0 Å². The van der Waals surface area contributed by atoms with Gasteiger partial charge in [-0.1, -0.05) is 49.3 Å². The molecule has 0 radical (unpaired) electrons. The van der Waals surface area contributed by atoms with Gasteiger partial charge in [0.05, 0.1) is 0 Å². The van der Waals surface area contributed by atoms with E-state index in [4.69, 9.17) is 4.52 Å². The van der Waals surface area contributed by atoms with Crippen LogP contribution in [0.5, 0.6) is 0 Å². The number of hydrogen-bond acceptors (Lipinski definition) is 5. The van der Waals surface area contributed by atoms with Gasteiger partial charge in [-0.05, 0) is 12.0 Å². The monoisotopic (exact) mass is 356 g/mol. The molecule has 0 aliphatic carbocycles. The number of carbonyl (C=O) groups is 2. The maximum absolute atomic E-state index is 12.7. The third-order valence-electron chi connectivity index (χ3n) is 4.43. The molecule has 1 aromatic carbocycles. The van der Waals surface area contributed by atoms with Crippen LogP contribution in [-0.4, -0.2) is 39.9 Å². The number of aromatic nitrogens is 2. The second-order valence-electron chi connectivity index (χ2n) is 6.75. The van der Waals surface area contributed by atoms with Crippen LogP contribution in [0, 0.1) is 0 Å². The highest BCUT2D eigenvalue weighted by Gasteiger charge is 2.33. The van der Waals surface area contributed by atoms with Gasteiger partial charge in [-0.25, -0.2) is 0 Å². The normalized spacial score (nSPS) is 17.4. The highest BCUT2D eigenvalue weighted by atomic mass is 16.5. The van der Waals surface area contributed by atoms with Crippen LogP contribution in [0.25, 0.3) is 0 Å². The summed E-state index contributed by atoms with van der Waals surface area (Å²) in [5.41, 5.74) is 0.830. The van der Waals surface area contributed by atoms with Crippen molar-refractivity contribution in [2.45, 2.75) is 45.1 Å². The van der Waals surface area contributed by atoms with Crippen LogP contribution >= 0.6 is 0 Å². The molecule has 1 N–H and O–H groups in total. The molecule has 1 aliphatic heterocycles. The smallest absolute Gasteiger partial charge is 0.247 e. The van der Waals surface area contributed by atoms with E-state index in [0.29, 0.717) is 44.1 Å². The van der Waals surface area contributed by atoms with Gasteiger partial charge in [0, 0.05) is 31.8 Å². The van der Waals surface area contributed by atoms with Gasteiger partial charge in [0.25, 0.3) is 0 Å². The second-order valence-corrected chi connectivity index (χ2v) is 6.75. The molecule has 138 valence electrons. The molecule has 1 saturated heterocycles. The molecule has 7 heteroatoms. The molecule has 1 atom stereocenters. The van der Waals surface area contributed by atoms with Crippen molar-refractivity contribution in [2.75, 3.05) is 13.1 Å². The first kappa shape index (κ1) is 18.1. The topological polar surface area (TPSA) is 88.3 Å². The summed E-state index contributed by atoms with van der Waals surface area (Å²) in [4.78, 5) is 31.0. The van der Waals surface area contributed by atoms with Crippen LogP contribution in [0.15, 0.2) is 34.9 Å². The minimum absolute atomic E-state index is 0.0303. The number of piperazine rings is 1. The highest BCUT2D eigenvalue weighted by molar-refractivity contribution is 5.89. The zero-order chi connectivity index (χ0) is 18.5. The predicted octanol–water partition coefficient (Wildman–Crippen LogP) is 2.22. The average molecular weight is 356 g/mol. The second kappa shape index (κ2) is 8.12. The minimum Gasteiger partial charge on any atom is -0.352 e. The number of nitrogens with zero attached hydrogens (tertiary/aromatic N) is 3. The van der Waals surface area contributed by atoms with Gasteiger partial charge in [0.2, 0.25) is 17.7 Å². The summed E-state index contributed by atoms with van der Waals surface area (Å²) in [6, 6.07) is 8.84. The van der Waals surface area contributed by atoms with Gasteiger partial charge >= 0.3 is 0 Å². The Morgan fingerprint density at radius 2 is 2.12 bits per heavy atom. The molecule has 0 spiro atoms. The molecular weight excluding hydrogens is 332 g/mol. The van der Waals surface area contributed by atoms with Crippen molar-refractivity contribution in [1.29, 1.82) is 0 Å². The molecule has 0 bridgehead atoms. The fourth-order valence-corrected chi connectivity index (χ4v) is 3.04. The van der Waals surface area contributed by atoms with Crippen LogP contribution in [0.4, 0.5) is 0 Å². The molecule has 1 aromatic heterocycles. The lowest BCUT2D eigenvalue weighted by Gasteiger charge is -2.35. The molecule has 0 saturated carbocycles. The van der Waals surface area contributed by atoms with Gasteiger partial charge < -0.3 is 14.7 Å². The van der Waals surface area contributed by atoms with Gasteiger partial charge in [-0.3, -0.25) is 9.59 Å². The summed E-state index contributed by atoms with van der Waals surface area (Å²) >= 11 is 0. The Hall–Kier alpha value is -2.70. The summed E-state index contributed by atoms with van der Waals surface area (Å²) in [7, 11) is 0. The Bertz CT molecular complexity index is 757. The Morgan fingerprint density at radius 3 is 2.81 bits per heavy atom. The van der Waals surface area contributed by atoms with Crippen LogP contribution < -0.4 is 5.32 Å². The molecule has 2 aromatic rings. The average Bonchev–Trinajstić information content (AvgIpc) is 3.11. The highest BCUT2D eigenvalue weighted by Crippen LogP contribution is 2.24. The van der Waals surface area contributed by atoms with Gasteiger partial charge in [0.1, 0.15) is 6.04 Å². The van der Waals surface area contributed by atoms with Crippen LogP contribution in [0.3, 0.4) is 0 Å². The minimum atomic E-state index is -0.562. The maximum Gasteiger partial charge on any atom is 0.247 e. The molecule has 3 rings (SSSR count). The van der Waals surface area contributed by atoms with E-state index in [2.05, 4.69) is 15.5 Å². The van der Waals surface area contributed by atoms with E-state index in [1.807, 2.05) is 44.2 Å². The number of aryl methyl sites for hydroxylation is 1. The summed E-state index contributed by atoms with van der Waals surface area (Å²) in [5, 5.41) is 6.78. The van der Waals surface area contributed by atoms with Crippen molar-refractivity contribution in [3.63, 3.8) is 0 Å². The third-order valence-corrected chi connectivity index (χ3v) is 4.43. The lowest BCUT2D eigenvalue weighted by molar-refractivity contribution is -0.143. The molecule has 7 nitrogen and oxygen atoms in total. The summed E-state index contributed by atoms with van der Waals surface area (Å²) in [6.45, 7) is 5.00. The van der Waals surface area contributed by atoms with E-state index < -0.39 is 6.04 Å². The largest absolute Gasteiger partial charge is 0.352 e. The lowest BCUT2D eigenvalue weighted by Crippen LogP contribution is -2.52. The Morgan fingerprint density at radius 1 is 1.35 bits per heavy atom. The van der Waals surface area contributed by atoms with Crippen LogP contribution in [0.2, 0.25) is 0 Å². The van der Waals surface area contributed by atoms with Gasteiger partial charge in [-0.15, -0.1) is 0 Å². The Kier molecular flexibility index (Phi) is 5.65. The van der Waals surface area contributed by atoms with Gasteiger partial charge in [0.15, 0.2) is 5.82 Å². The van der Waals surface area contributed by atoms with Crippen molar-refractivity contribution < 1.29 is 14.1 Å². The number of carbonyl (C=O) groups excluding carboxylic acids is 2. The van der Waals surface area contributed by atoms with Crippen molar-refractivity contribution >= 4 is 11.8 Å². The van der Waals surface area contributed by atoms with Crippen LogP contribution in [0.1, 0.15) is 55.9 Å². The summed E-state index contributed by atoms with van der Waals surface area (Å²) in [6.07, 6.45) is 1.51. The van der Waals surface area contributed by atoms with Crippen molar-refractivity contribution in [3.05, 3.63) is 47.6 Å². The van der Waals surface area contributed by atoms with E-state index in [0.717, 1.165) is 5.56 Å².